The second kappa shape index (κ2) is 7.70. The quantitative estimate of drug-likeness (QED) is 0.602. The molecule has 21 heavy (non-hydrogen) atoms. The summed E-state index contributed by atoms with van der Waals surface area (Å²) in [5, 5.41) is 6.20. The van der Waals surface area contributed by atoms with E-state index in [2.05, 4.69) is 15.6 Å². The average Bonchev–Trinajstić information content (AvgIpc) is 2.86. The van der Waals surface area contributed by atoms with Gasteiger partial charge in [-0.1, -0.05) is 23.5 Å². The van der Waals surface area contributed by atoms with Crippen LogP contribution < -0.4 is 10.6 Å². The number of rotatable bonds is 7. The number of hydrogen-bond donors (Lipinski definition) is 2. The molecule has 6 nitrogen and oxygen atoms in total. The first-order chi connectivity index (χ1) is 10.2. The summed E-state index contributed by atoms with van der Waals surface area (Å²) in [4.78, 5) is 27.2. The van der Waals surface area contributed by atoms with Gasteiger partial charge in [0.15, 0.2) is 5.13 Å². The van der Waals surface area contributed by atoms with Crippen molar-refractivity contribution >= 4 is 38.6 Å². The monoisotopic (exact) mass is 307 g/mol. The summed E-state index contributed by atoms with van der Waals surface area (Å²) in [6.07, 6.45) is 0.252. The summed E-state index contributed by atoms with van der Waals surface area (Å²) in [5.41, 5.74) is 0.869. The lowest BCUT2D eigenvalue weighted by Crippen LogP contribution is -2.29. The van der Waals surface area contributed by atoms with Crippen LogP contribution in [0.4, 0.5) is 5.13 Å². The molecule has 112 valence electrons. The van der Waals surface area contributed by atoms with Gasteiger partial charge < -0.3 is 15.4 Å². The number of amides is 1. The zero-order valence-corrected chi connectivity index (χ0v) is 12.5. The molecule has 0 bridgehead atoms. The van der Waals surface area contributed by atoms with E-state index in [4.69, 9.17) is 4.74 Å². The molecular formula is C14H17N3O3S. The van der Waals surface area contributed by atoms with Gasteiger partial charge in [0.05, 0.1) is 29.8 Å². The average molecular weight is 307 g/mol. The smallest absolute Gasteiger partial charge is 0.307 e. The molecule has 1 aromatic carbocycles. The highest BCUT2D eigenvalue weighted by Crippen LogP contribution is 2.25. The van der Waals surface area contributed by atoms with Gasteiger partial charge in [-0.15, -0.1) is 0 Å². The van der Waals surface area contributed by atoms with Crippen molar-refractivity contribution in [3.05, 3.63) is 24.3 Å². The van der Waals surface area contributed by atoms with Crippen LogP contribution in [0.5, 0.6) is 0 Å². The van der Waals surface area contributed by atoms with E-state index in [-0.39, 0.29) is 24.8 Å². The molecule has 0 atom stereocenters. The van der Waals surface area contributed by atoms with E-state index in [0.29, 0.717) is 18.3 Å². The normalized spacial score (nSPS) is 10.5. The van der Waals surface area contributed by atoms with Gasteiger partial charge >= 0.3 is 5.97 Å². The number of nitrogens with zero attached hydrogens (tertiary/aromatic N) is 1. The molecule has 0 spiro atoms. The maximum absolute atomic E-state index is 11.7. The number of ether oxygens (including phenoxy) is 1. The molecule has 1 heterocycles. The molecule has 0 saturated heterocycles. The summed E-state index contributed by atoms with van der Waals surface area (Å²) >= 11 is 1.43. The van der Waals surface area contributed by atoms with Crippen LogP contribution in [0.3, 0.4) is 0 Å². The lowest BCUT2D eigenvalue weighted by Gasteiger charge is -2.04. The van der Waals surface area contributed by atoms with Gasteiger partial charge in [-0.25, -0.2) is 4.98 Å². The number of thiazole rings is 1. The third kappa shape index (κ3) is 4.80. The molecule has 0 aliphatic rings. The van der Waals surface area contributed by atoms with E-state index in [1.807, 2.05) is 24.3 Å². The highest BCUT2D eigenvalue weighted by molar-refractivity contribution is 7.22. The first-order valence-corrected chi connectivity index (χ1v) is 7.52. The van der Waals surface area contributed by atoms with Crippen molar-refractivity contribution in [1.29, 1.82) is 0 Å². The van der Waals surface area contributed by atoms with Gasteiger partial charge in [-0.2, -0.15) is 0 Å². The second-order valence-corrected chi connectivity index (χ2v) is 5.30. The molecule has 2 N–H and O–H groups in total. The minimum Gasteiger partial charge on any atom is -0.466 e. The molecule has 1 aromatic heterocycles. The number of nitrogens with one attached hydrogen (secondary N) is 2. The Morgan fingerprint density at radius 3 is 2.90 bits per heavy atom. The number of carbonyl (C=O) groups excluding carboxylic acids is 2. The van der Waals surface area contributed by atoms with Crippen LogP contribution in [0.1, 0.15) is 13.3 Å². The number of aromatic nitrogens is 1. The van der Waals surface area contributed by atoms with Crippen molar-refractivity contribution in [1.82, 2.24) is 10.3 Å². The van der Waals surface area contributed by atoms with E-state index >= 15 is 0 Å². The summed E-state index contributed by atoms with van der Waals surface area (Å²) in [6, 6.07) is 7.70. The molecule has 0 unspecified atom stereocenters. The van der Waals surface area contributed by atoms with Crippen molar-refractivity contribution in [3.8, 4) is 0 Å². The zero-order chi connectivity index (χ0) is 15.1. The van der Waals surface area contributed by atoms with Gasteiger partial charge in [0.2, 0.25) is 5.91 Å². The SMILES string of the molecule is CCOC(=O)CCNCC(=O)Nc1nc2ccccc2s1. The van der Waals surface area contributed by atoms with Crippen molar-refractivity contribution < 1.29 is 14.3 Å². The molecule has 0 aliphatic carbocycles. The van der Waals surface area contributed by atoms with Gasteiger partial charge in [0.25, 0.3) is 0 Å². The number of carbonyl (C=O) groups is 2. The Kier molecular flexibility index (Phi) is 5.65. The van der Waals surface area contributed by atoms with Crippen molar-refractivity contribution in [3.63, 3.8) is 0 Å². The Morgan fingerprint density at radius 2 is 2.14 bits per heavy atom. The number of para-hydroxylation sites is 1. The molecule has 1 amide bonds. The highest BCUT2D eigenvalue weighted by Gasteiger charge is 2.07. The second-order valence-electron chi connectivity index (χ2n) is 4.27. The molecular weight excluding hydrogens is 290 g/mol. The standard InChI is InChI=1S/C14H17N3O3S/c1-2-20-13(19)7-8-15-9-12(18)17-14-16-10-5-3-4-6-11(10)21-14/h3-6,15H,2,7-9H2,1H3,(H,16,17,18). The molecule has 0 radical (unpaired) electrons. The summed E-state index contributed by atoms with van der Waals surface area (Å²) in [5.74, 6) is -0.450. The number of hydrogen-bond acceptors (Lipinski definition) is 6. The van der Waals surface area contributed by atoms with Gasteiger partial charge in [0, 0.05) is 6.54 Å². The third-order valence-electron chi connectivity index (χ3n) is 2.64. The zero-order valence-electron chi connectivity index (χ0n) is 11.7. The summed E-state index contributed by atoms with van der Waals surface area (Å²) in [7, 11) is 0. The van der Waals surface area contributed by atoms with E-state index in [9.17, 15) is 9.59 Å². The fourth-order valence-corrected chi connectivity index (χ4v) is 2.60. The summed E-state index contributed by atoms with van der Waals surface area (Å²) < 4.78 is 5.82. The van der Waals surface area contributed by atoms with Gasteiger partial charge in [-0.05, 0) is 19.1 Å². The van der Waals surface area contributed by atoms with E-state index in [0.717, 1.165) is 10.2 Å². The Bertz CT molecular complexity index is 594. The van der Waals surface area contributed by atoms with Crippen molar-refractivity contribution in [2.24, 2.45) is 0 Å². The molecule has 2 rings (SSSR count). The Morgan fingerprint density at radius 1 is 1.33 bits per heavy atom. The molecule has 2 aromatic rings. The van der Waals surface area contributed by atoms with Crippen LogP contribution in [-0.4, -0.2) is 36.6 Å². The molecule has 7 heteroatoms. The largest absolute Gasteiger partial charge is 0.466 e. The van der Waals surface area contributed by atoms with Crippen LogP contribution in [0.15, 0.2) is 24.3 Å². The van der Waals surface area contributed by atoms with Crippen LogP contribution >= 0.6 is 11.3 Å². The number of fused-ring (bicyclic) bond motifs is 1. The predicted molar refractivity (Wildman–Crippen MR) is 82.4 cm³/mol. The first kappa shape index (κ1) is 15.4. The van der Waals surface area contributed by atoms with Gasteiger partial charge in [-0.3, -0.25) is 9.59 Å². The number of anilines is 1. The van der Waals surface area contributed by atoms with E-state index < -0.39 is 0 Å². The van der Waals surface area contributed by atoms with Crippen molar-refractivity contribution in [2.45, 2.75) is 13.3 Å². The minimum atomic E-state index is -0.267. The lowest BCUT2D eigenvalue weighted by atomic mass is 10.3. The fourth-order valence-electron chi connectivity index (χ4n) is 1.71. The maximum Gasteiger partial charge on any atom is 0.307 e. The van der Waals surface area contributed by atoms with Gasteiger partial charge in [0.1, 0.15) is 0 Å². The first-order valence-electron chi connectivity index (χ1n) is 6.71. The molecule has 0 fully saturated rings. The van der Waals surface area contributed by atoms with Crippen LogP contribution in [-0.2, 0) is 14.3 Å². The maximum atomic E-state index is 11.7. The predicted octanol–water partition coefficient (Wildman–Crippen LogP) is 1.78. The Labute approximate surface area is 126 Å². The van der Waals surface area contributed by atoms with E-state index in [1.165, 1.54) is 11.3 Å². The molecule has 0 saturated carbocycles. The van der Waals surface area contributed by atoms with Crippen LogP contribution in [0.25, 0.3) is 10.2 Å². The molecule has 0 aliphatic heterocycles. The number of esters is 1. The lowest BCUT2D eigenvalue weighted by molar-refractivity contribution is -0.143. The van der Waals surface area contributed by atoms with Crippen molar-refractivity contribution in [2.75, 3.05) is 25.0 Å². The Hall–Kier alpha value is -1.99. The highest BCUT2D eigenvalue weighted by atomic mass is 32.1. The third-order valence-corrected chi connectivity index (χ3v) is 3.59. The minimum absolute atomic E-state index is 0.134. The van der Waals surface area contributed by atoms with Crippen LogP contribution in [0, 0.1) is 0 Å². The fraction of sp³-hybridized carbons (Fsp3) is 0.357. The topological polar surface area (TPSA) is 80.3 Å². The van der Waals surface area contributed by atoms with Crippen LogP contribution in [0.2, 0.25) is 0 Å². The van der Waals surface area contributed by atoms with E-state index in [1.54, 1.807) is 6.92 Å². The number of benzene rings is 1. The summed E-state index contributed by atoms with van der Waals surface area (Å²) in [6.45, 7) is 2.68. The Balaban J connectivity index is 1.73.